The quantitative estimate of drug-likeness (QED) is 0.844. The Balaban J connectivity index is 1.95. The largest absolute Gasteiger partial charge is 0.493 e. The van der Waals surface area contributed by atoms with Crippen LogP contribution in [0.25, 0.3) is 0 Å². The van der Waals surface area contributed by atoms with Gasteiger partial charge in [0.1, 0.15) is 12.0 Å². The fourth-order valence-corrected chi connectivity index (χ4v) is 1.57. The highest BCUT2D eigenvalue weighted by atomic mass is 16.5. The monoisotopic (exact) mass is 275 g/mol. The van der Waals surface area contributed by atoms with Gasteiger partial charge in [0.15, 0.2) is 0 Å². The molecule has 0 saturated heterocycles. The van der Waals surface area contributed by atoms with Crippen molar-refractivity contribution in [2.45, 2.75) is 26.8 Å². The maximum absolute atomic E-state index is 5.73. The molecule has 2 rings (SSSR count). The average Bonchev–Trinajstić information content (AvgIpc) is 2.86. The second-order valence-corrected chi connectivity index (χ2v) is 5.22. The van der Waals surface area contributed by atoms with Gasteiger partial charge in [0.25, 0.3) is 6.01 Å². The van der Waals surface area contributed by atoms with Crippen molar-refractivity contribution in [3.63, 3.8) is 0 Å². The summed E-state index contributed by atoms with van der Waals surface area (Å²) in [5, 5.41) is 3.08. The number of ether oxygens (including phenoxy) is 1. The molecule has 0 spiro atoms. The SMILES string of the molecule is CC(C)COc1ccc(Nc2nc(C(C)N)co2)cc1. The predicted octanol–water partition coefficient (Wildman–Crippen LogP) is 3.47. The van der Waals surface area contributed by atoms with Gasteiger partial charge in [0, 0.05) is 11.7 Å². The molecule has 0 aliphatic carbocycles. The number of benzene rings is 1. The molecule has 0 amide bonds. The van der Waals surface area contributed by atoms with Crippen LogP contribution in [0.15, 0.2) is 34.9 Å². The van der Waals surface area contributed by atoms with Crippen LogP contribution in [0.2, 0.25) is 0 Å². The van der Waals surface area contributed by atoms with Crippen LogP contribution in [0.1, 0.15) is 32.5 Å². The van der Waals surface area contributed by atoms with Gasteiger partial charge in [-0.2, -0.15) is 4.98 Å². The third-order valence-corrected chi connectivity index (χ3v) is 2.68. The summed E-state index contributed by atoms with van der Waals surface area (Å²) in [5.41, 5.74) is 7.35. The Bertz CT molecular complexity index is 532. The minimum Gasteiger partial charge on any atom is -0.493 e. The molecule has 1 aromatic heterocycles. The maximum Gasteiger partial charge on any atom is 0.299 e. The van der Waals surface area contributed by atoms with Crippen molar-refractivity contribution >= 4 is 11.7 Å². The first-order valence-corrected chi connectivity index (χ1v) is 6.75. The number of anilines is 2. The summed E-state index contributed by atoms with van der Waals surface area (Å²) in [6.07, 6.45) is 1.56. The van der Waals surface area contributed by atoms with E-state index in [-0.39, 0.29) is 6.04 Å². The van der Waals surface area contributed by atoms with E-state index in [2.05, 4.69) is 24.1 Å². The molecule has 5 nitrogen and oxygen atoms in total. The van der Waals surface area contributed by atoms with E-state index in [1.54, 1.807) is 6.26 Å². The van der Waals surface area contributed by atoms with Gasteiger partial charge < -0.3 is 20.2 Å². The molecule has 1 heterocycles. The average molecular weight is 275 g/mol. The Hall–Kier alpha value is -2.01. The van der Waals surface area contributed by atoms with Gasteiger partial charge in [0.05, 0.1) is 12.3 Å². The highest BCUT2D eigenvalue weighted by Crippen LogP contribution is 2.21. The standard InChI is InChI=1S/C15H21N3O2/c1-10(2)8-19-13-6-4-12(5-7-13)17-15-18-14(9-20-15)11(3)16/h4-7,9-11H,8,16H2,1-3H3,(H,17,18). The summed E-state index contributed by atoms with van der Waals surface area (Å²) in [5.74, 6) is 1.37. The van der Waals surface area contributed by atoms with Crippen LogP contribution < -0.4 is 15.8 Å². The third-order valence-electron chi connectivity index (χ3n) is 2.68. The first-order valence-electron chi connectivity index (χ1n) is 6.75. The first-order chi connectivity index (χ1) is 9.54. The summed E-state index contributed by atoms with van der Waals surface area (Å²) in [4.78, 5) is 4.25. The molecule has 0 fully saturated rings. The van der Waals surface area contributed by atoms with E-state index in [1.807, 2.05) is 31.2 Å². The highest BCUT2D eigenvalue weighted by Gasteiger charge is 2.07. The summed E-state index contributed by atoms with van der Waals surface area (Å²) in [6, 6.07) is 7.98. The van der Waals surface area contributed by atoms with Crippen LogP contribution in [-0.2, 0) is 0 Å². The number of nitrogens with two attached hydrogens (primary N) is 1. The number of oxazole rings is 1. The molecule has 108 valence electrons. The second-order valence-electron chi connectivity index (χ2n) is 5.22. The fraction of sp³-hybridized carbons (Fsp3) is 0.400. The molecule has 2 aromatic rings. The third kappa shape index (κ3) is 3.99. The second kappa shape index (κ2) is 6.43. The first kappa shape index (κ1) is 14.4. The molecule has 0 bridgehead atoms. The maximum atomic E-state index is 5.73. The van der Waals surface area contributed by atoms with E-state index in [1.165, 1.54) is 0 Å². The van der Waals surface area contributed by atoms with E-state index >= 15 is 0 Å². The lowest BCUT2D eigenvalue weighted by atomic mass is 10.2. The van der Waals surface area contributed by atoms with Crippen molar-refractivity contribution in [2.75, 3.05) is 11.9 Å². The van der Waals surface area contributed by atoms with E-state index in [0.29, 0.717) is 18.5 Å². The Morgan fingerprint density at radius 3 is 2.50 bits per heavy atom. The smallest absolute Gasteiger partial charge is 0.299 e. The van der Waals surface area contributed by atoms with E-state index in [0.717, 1.165) is 17.1 Å². The molecule has 1 aromatic carbocycles. The summed E-state index contributed by atoms with van der Waals surface area (Å²) in [7, 11) is 0. The number of nitrogens with one attached hydrogen (secondary N) is 1. The Morgan fingerprint density at radius 1 is 1.25 bits per heavy atom. The lowest BCUT2D eigenvalue weighted by molar-refractivity contribution is 0.271. The van der Waals surface area contributed by atoms with Crippen LogP contribution in [0.5, 0.6) is 5.75 Å². The van der Waals surface area contributed by atoms with Crippen molar-refractivity contribution in [1.82, 2.24) is 4.98 Å². The number of aromatic nitrogens is 1. The fourth-order valence-electron chi connectivity index (χ4n) is 1.57. The molecular weight excluding hydrogens is 254 g/mol. The van der Waals surface area contributed by atoms with Crippen molar-refractivity contribution in [2.24, 2.45) is 11.7 Å². The highest BCUT2D eigenvalue weighted by molar-refractivity contribution is 5.53. The summed E-state index contributed by atoms with van der Waals surface area (Å²) in [6.45, 7) is 6.82. The Kier molecular flexibility index (Phi) is 4.63. The number of nitrogens with zero attached hydrogens (tertiary/aromatic N) is 1. The van der Waals surface area contributed by atoms with Gasteiger partial charge in [-0.25, -0.2) is 0 Å². The van der Waals surface area contributed by atoms with Crippen LogP contribution >= 0.6 is 0 Å². The molecule has 0 radical (unpaired) electrons. The molecule has 1 atom stereocenters. The zero-order valence-electron chi connectivity index (χ0n) is 12.1. The van der Waals surface area contributed by atoms with Crippen LogP contribution in [0.4, 0.5) is 11.7 Å². The van der Waals surface area contributed by atoms with Gasteiger partial charge in [-0.15, -0.1) is 0 Å². The number of rotatable bonds is 6. The number of hydrogen-bond donors (Lipinski definition) is 2. The number of hydrogen-bond acceptors (Lipinski definition) is 5. The molecule has 0 saturated carbocycles. The van der Waals surface area contributed by atoms with E-state index < -0.39 is 0 Å². The lowest BCUT2D eigenvalue weighted by Gasteiger charge is -2.09. The van der Waals surface area contributed by atoms with E-state index in [9.17, 15) is 0 Å². The normalized spacial score (nSPS) is 12.4. The topological polar surface area (TPSA) is 73.3 Å². The van der Waals surface area contributed by atoms with Crippen molar-refractivity contribution < 1.29 is 9.15 Å². The lowest BCUT2D eigenvalue weighted by Crippen LogP contribution is -2.05. The van der Waals surface area contributed by atoms with E-state index in [4.69, 9.17) is 14.9 Å². The molecule has 0 aliphatic rings. The van der Waals surface area contributed by atoms with Gasteiger partial charge in [-0.1, -0.05) is 13.8 Å². The van der Waals surface area contributed by atoms with Gasteiger partial charge in [-0.3, -0.25) is 0 Å². The molecule has 20 heavy (non-hydrogen) atoms. The van der Waals surface area contributed by atoms with Gasteiger partial charge in [-0.05, 0) is 37.1 Å². The molecule has 1 unspecified atom stereocenters. The Morgan fingerprint density at radius 2 is 1.95 bits per heavy atom. The van der Waals surface area contributed by atoms with Gasteiger partial charge in [0.2, 0.25) is 0 Å². The zero-order chi connectivity index (χ0) is 14.5. The Labute approximate surface area is 119 Å². The van der Waals surface area contributed by atoms with Crippen LogP contribution in [0, 0.1) is 5.92 Å². The van der Waals surface area contributed by atoms with Gasteiger partial charge >= 0.3 is 0 Å². The van der Waals surface area contributed by atoms with Crippen molar-refractivity contribution in [3.8, 4) is 5.75 Å². The summed E-state index contributed by atoms with van der Waals surface area (Å²) >= 11 is 0. The molecular formula is C15H21N3O2. The van der Waals surface area contributed by atoms with Crippen LogP contribution in [0.3, 0.4) is 0 Å². The minimum atomic E-state index is -0.138. The zero-order valence-corrected chi connectivity index (χ0v) is 12.1. The summed E-state index contributed by atoms with van der Waals surface area (Å²) < 4.78 is 10.9. The van der Waals surface area contributed by atoms with Crippen LogP contribution in [-0.4, -0.2) is 11.6 Å². The predicted molar refractivity (Wildman–Crippen MR) is 79.2 cm³/mol. The van der Waals surface area contributed by atoms with Crippen molar-refractivity contribution in [3.05, 3.63) is 36.2 Å². The van der Waals surface area contributed by atoms with Crippen molar-refractivity contribution in [1.29, 1.82) is 0 Å². The molecule has 0 aliphatic heterocycles. The molecule has 3 N–H and O–H groups in total. The minimum absolute atomic E-state index is 0.138. The molecule has 5 heteroatoms.